The van der Waals surface area contributed by atoms with Crippen molar-refractivity contribution in [2.45, 2.75) is 19.8 Å². The van der Waals surface area contributed by atoms with E-state index in [1.54, 1.807) is 0 Å². The lowest BCUT2D eigenvalue weighted by atomic mass is 9.91. The number of hydrogen-bond acceptors (Lipinski definition) is 1. The summed E-state index contributed by atoms with van der Waals surface area (Å²) in [5.74, 6) is 0.417. The highest BCUT2D eigenvalue weighted by molar-refractivity contribution is 5.35. The molecule has 1 nitrogen and oxygen atoms in total. The van der Waals surface area contributed by atoms with Crippen LogP contribution >= 0.6 is 0 Å². The van der Waals surface area contributed by atoms with Gasteiger partial charge in [-0.1, -0.05) is 37.3 Å². The molecule has 1 aromatic heterocycles. The van der Waals surface area contributed by atoms with E-state index in [1.807, 2.05) is 18.5 Å². The van der Waals surface area contributed by atoms with E-state index in [0.29, 0.717) is 5.92 Å². The highest BCUT2D eigenvalue weighted by Crippen LogP contribution is 2.25. The minimum absolute atomic E-state index is 0.417. The third-order valence-electron chi connectivity index (χ3n) is 2.84. The fraction of sp³-hybridized carbons (Fsp3) is 0.214. The Morgan fingerprint density at radius 2 is 1.87 bits per heavy atom. The molecule has 1 heterocycles. The lowest BCUT2D eigenvalue weighted by Gasteiger charge is -2.14. The van der Waals surface area contributed by atoms with Crippen LogP contribution < -0.4 is 0 Å². The minimum Gasteiger partial charge on any atom is -0.264 e. The van der Waals surface area contributed by atoms with Crippen molar-refractivity contribution in [3.63, 3.8) is 0 Å². The van der Waals surface area contributed by atoms with Crippen molar-refractivity contribution in [2.24, 2.45) is 0 Å². The monoisotopic (exact) mass is 197 g/mol. The second-order valence-corrected chi connectivity index (χ2v) is 3.86. The van der Waals surface area contributed by atoms with E-state index in [4.69, 9.17) is 0 Å². The molecule has 0 N–H and O–H groups in total. The van der Waals surface area contributed by atoms with Gasteiger partial charge in [0.1, 0.15) is 0 Å². The Morgan fingerprint density at radius 3 is 2.53 bits per heavy atom. The second kappa shape index (κ2) is 4.26. The maximum absolute atomic E-state index is 4.16. The first-order valence-corrected chi connectivity index (χ1v) is 5.24. The van der Waals surface area contributed by atoms with Crippen LogP contribution in [0.15, 0.2) is 48.8 Å². The first kappa shape index (κ1) is 9.91. The molecule has 15 heavy (non-hydrogen) atoms. The molecule has 0 fully saturated rings. The van der Waals surface area contributed by atoms with Gasteiger partial charge < -0.3 is 0 Å². The molecule has 2 rings (SSSR count). The Balaban J connectivity index is 2.37. The molecule has 0 spiro atoms. The smallest absolute Gasteiger partial charge is 0.0305 e. The second-order valence-electron chi connectivity index (χ2n) is 3.86. The molecule has 0 aliphatic heterocycles. The number of pyridine rings is 1. The Hall–Kier alpha value is -1.63. The number of hydrogen-bond donors (Lipinski definition) is 0. The molecule has 76 valence electrons. The zero-order valence-electron chi connectivity index (χ0n) is 9.14. The molecule has 1 heteroatoms. The summed E-state index contributed by atoms with van der Waals surface area (Å²) in [6.45, 7) is 4.38. The summed E-state index contributed by atoms with van der Waals surface area (Å²) in [4.78, 5) is 4.16. The molecule has 0 bridgehead atoms. The van der Waals surface area contributed by atoms with Crippen LogP contribution in [0.3, 0.4) is 0 Å². The van der Waals surface area contributed by atoms with Crippen LogP contribution in [0.5, 0.6) is 0 Å². The summed E-state index contributed by atoms with van der Waals surface area (Å²) in [5, 5.41) is 0. The maximum Gasteiger partial charge on any atom is 0.0305 e. The zero-order valence-corrected chi connectivity index (χ0v) is 9.14. The molecule has 0 saturated heterocycles. The van der Waals surface area contributed by atoms with Crippen molar-refractivity contribution in [1.29, 1.82) is 0 Å². The topological polar surface area (TPSA) is 12.9 Å². The van der Waals surface area contributed by atoms with Gasteiger partial charge in [-0.15, -0.1) is 0 Å². The Labute approximate surface area is 90.8 Å². The van der Waals surface area contributed by atoms with Crippen molar-refractivity contribution in [2.75, 3.05) is 0 Å². The van der Waals surface area contributed by atoms with Crippen LogP contribution in [-0.2, 0) is 0 Å². The van der Waals surface area contributed by atoms with Crippen LogP contribution in [0, 0.1) is 6.92 Å². The van der Waals surface area contributed by atoms with Gasteiger partial charge in [-0.2, -0.15) is 0 Å². The average Bonchev–Trinajstić information content (AvgIpc) is 2.30. The average molecular weight is 197 g/mol. The first-order valence-electron chi connectivity index (χ1n) is 5.24. The van der Waals surface area contributed by atoms with Gasteiger partial charge in [0.25, 0.3) is 0 Å². The van der Waals surface area contributed by atoms with E-state index in [0.717, 1.165) is 0 Å². The van der Waals surface area contributed by atoms with Crippen LogP contribution in [0.2, 0.25) is 0 Å². The summed E-state index contributed by atoms with van der Waals surface area (Å²) < 4.78 is 0. The standard InChI is InChI=1S/C14H15N/c1-11-6-3-4-8-14(11)12(2)13-7-5-9-15-10-13/h3-10,12H,1-2H3. The van der Waals surface area contributed by atoms with Gasteiger partial charge in [-0.05, 0) is 29.7 Å². The quantitative estimate of drug-likeness (QED) is 0.717. The van der Waals surface area contributed by atoms with Crippen molar-refractivity contribution < 1.29 is 0 Å². The van der Waals surface area contributed by atoms with Gasteiger partial charge in [0.05, 0.1) is 0 Å². The van der Waals surface area contributed by atoms with Gasteiger partial charge in [0.15, 0.2) is 0 Å². The minimum atomic E-state index is 0.417. The van der Waals surface area contributed by atoms with Gasteiger partial charge in [-0.25, -0.2) is 0 Å². The highest BCUT2D eigenvalue weighted by Gasteiger charge is 2.09. The van der Waals surface area contributed by atoms with Crippen LogP contribution in [-0.4, -0.2) is 4.98 Å². The number of benzene rings is 1. The Kier molecular flexibility index (Phi) is 2.82. The normalized spacial score (nSPS) is 12.4. The van der Waals surface area contributed by atoms with Gasteiger partial charge in [-0.3, -0.25) is 4.98 Å². The summed E-state index contributed by atoms with van der Waals surface area (Å²) in [6.07, 6.45) is 3.76. The predicted octanol–water partition coefficient (Wildman–Crippen LogP) is 3.54. The third kappa shape index (κ3) is 2.07. The summed E-state index contributed by atoms with van der Waals surface area (Å²) >= 11 is 0. The van der Waals surface area contributed by atoms with E-state index in [-0.39, 0.29) is 0 Å². The van der Waals surface area contributed by atoms with Gasteiger partial charge >= 0.3 is 0 Å². The van der Waals surface area contributed by atoms with Crippen molar-refractivity contribution in [3.05, 3.63) is 65.5 Å². The fourth-order valence-electron chi connectivity index (χ4n) is 1.88. The molecule has 0 radical (unpaired) electrons. The van der Waals surface area contributed by atoms with Crippen molar-refractivity contribution in [3.8, 4) is 0 Å². The predicted molar refractivity (Wildman–Crippen MR) is 62.9 cm³/mol. The van der Waals surface area contributed by atoms with E-state index >= 15 is 0 Å². The third-order valence-corrected chi connectivity index (χ3v) is 2.84. The number of rotatable bonds is 2. The number of aryl methyl sites for hydroxylation is 1. The number of aromatic nitrogens is 1. The lowest BCUT2D eigenvalue weighted by molar-refractivity contribution is 0.900. The molecule has 0 aliphatic rings. The molecule has 0 saturated carbocycles. The highest BCUT2D eigenvalue weighted by atomic mass is 14.6. The molecule has 0 amide bonds. The van der Waals surface area contributed by atoms with Crippen molar-refractivity contribution >= 4 is 0 Å². The van der Waals surface area contributed by atoms with Crippen LogP contribution in [0.1, 0.15) is 29.5 Å². The van der Waals surface area contributed by atoms with Crippen molar-refractivity contribution in [1.82, 2.24) is 4.98 Å². The van der Waals surface area contributed by atoms with E-state index in [9.17, 15) is 0 Å². The van der Waals surface area contributed by atoms with E-state index in [1.165, 1.54) is 16.7 Å². The Bertz CT molecular complexity index is 434. The van der Waals surface area contributed by atoms with E-state index < -0.39 is 0 Å². The summed E-state index contributed by atoms with van der Waals surface area (Å²) in [6, 6.07) is 12.6. The largest absolute Gasteiger partial charge is 0.264 e. The molecule has 1 aromatic carbocycles. The zero-order chi connectivity index (χ0) is 10.7. The SMILES string of the molecule is Cc1ccccc1C(C)c1cccnc1. The fourth-order valence-corrected chi connectivity index (χ4v) is 1.88. The number of nitrogens with zero attached hydrogens (tertiary/aromatic N) is 1. The molecule has 1 atom stereocenters. The van der Waals surface area contributed by atoms with Crippen LogP contribution in [0.4, 0.5) is 0 Å². The maximum atomic E-state index is 4.16. The Morgan fingerprint density at radius 1 is 1.07 bits per heavy atom. The van der Waals surface area contributed by atoms with Gasteiger partial charge in [0, 0.05) is 18.3 Å². The summed E-state index contributed by atoms with van der Waals surface area (Å²) in [5.41, 5.74) is 3.99. The molecular formula is C14H15N. The molecular weight excluding hydrogens is 182 g/mol. The molecule has 2 aromatic rings. The lowest BCUT2D eigenvalue weighted by Crippen LogP contribution is -1.98. The molecule has 1 unspecified atom stereocenters. The van der Waals surface area contributed by atoms with E-state index in [2.05, 4.69) is 49.2 Å². The van der Waals surface area contributed by atoms with Gasteiger partial charge in [0.2, 0.25) is 0 Å². The van der Waals surface area contributed by atoms with Crippen LogP contribution in [0.25, 0.3) is 0 Å². The first-order chi connectivity index (χ1) is 7.29. The summed E-state index contributed by atoms with van der Waals surface area (Å²) in [7, 11) is 0. The molecule has 0 aliphatic carbocycles.